The van der Waals surface area contributed by atoms with E-state index in [1.54, 1.807) is 61.6 Å². The summed E-state index contributed by atoms with van der Waals surface area (Å²) in [6.45, 7) is 2.35. The van der Waals surface area contributed by atoms with Crippen molar-refractivity contribution in [1.82, 2.24) is 4.90 Å². The molecule has 31 heavy (non-hydrogen) atoms. The molecule has 0 aliphatic carbocycles. The lowest BCUT2D eigenvalue weighted by molar-refractivity contribution is -0.122. The van der Waals surface area contributed by atoms with E-state index in [1.807, 2.05) is 6.92 Å². The Morgan fingerprint density at radius 2 is 1.87 bits per heavy atom. The number of hydrogen-bond acceptors (Lipinski definition) is 7. The fourth-order valence-electron chi connectivity index (χ4n) is 2.92. The van der Waals surface area contributed by atoms with Crippen molar-refractivity contribution >= 4 is 56.5 Å². The number of halogens is 1. The van der Waals surface area contributed by atoms with Crippen LogP contribution in [0, 0.1) is 0 Å². The SMILES string of the molecule is CCN1C(=O)C(=Cc2cc(OC)c(OC)cc2Br)SC1=Nc1cccc(C(=O)OC)c1. The van der Waals surface area contributed by atoms with Crippen molar-refractivity contribution in [2.75, 3.05) is 27.9 Å². The molecule has 1 saturated heterocycles. The molecular weight excluding hydrogens is 484 g/mol. The highest BCUT2D eigenvalue weighted by molar-refractivity contribution is 9.10. The van der Waals surface area contributed by atoms with Gasteiger partial charge in [0.05, 0.1) is 37.5 Å². The number of thioether (sulfide) groups is 1. The third kappa shape index (κ3) is 4.94. The van der Waals surface area contributed by atoms with E-state index in [0.717, 1.165) is 10.0 Å². The van der Waals surface area contributed by atoms with Crippen LogP contribution in [0.2, 0.25) is 0 Å². The average molecular weight is 505 g/mol. The maximum Gasteiger partial charge on any atom is 0.337 e. The summed E-state index contributed by atoms with van der Waals surface area (Å²) in [4.78, 5) is 31.5. The molecule has 0 N–H and O–H groups in total. The van der Waals surface area contributed by atoms with Crippen molar-refractivity contribution in [2.45, 2.75) is 6.92 Å². The maximum absolute atomic E-state index is 13.0. The summed E-state index contributed by atoms with van der Waals surface area (Å²) in [7, 11) is 4.45. The summed E-state index contributed by atoms with van der Waals surface area (Å²) in [6.07, 6.45) is 1.79. The molecule has 0 bridgehead atoms. The molecule has 1 heterocycles. The lowest BCUT2D eigenvalue weighted by Gasteiger charge is -2.12. The fourth-order valence-corrected chi connectivity index (χ4v) is 4.41. The number of amides is 1. The summed E-state index contributed by atoms with van der Waals surface area (Å²) in [5, 5.41) is 0.539. The zero-order valence-electron chi connectivity index (χ0n) is 17.5. The smallest absolute Gasteiger partial charge is 0.337 e. The lowest BCUT2D eigenvalue weighted by Crippen LogP contribution is -2.28. The Bertz CT molecular complexity index is 1080. The molecule has 1 aliphatic heterocycles. The molecule has 162 valence electrons. The van der Waals surface area contributed by atoms with Crippen molar-refractivity contribution in [3.63, 3.8) is 0 Å². The Balaban J connectivity index is 1.97. The molecule has 0 spiro atoms. The zero-order chi connectivity index (χ0) is 22.5. The van der Waals surface area contributed by atoms with Gasteiger partial charge in [0, 0.05) is 11.0 Å². The van der Waals surface area contributed by atoms with E-state index in [4.69, 9.17) is 14.2 Å². The highest BCUT2D eigenvalue weighted by atomic mass is 79.9. The standard InChI is InChI=1S/C22H21BrN2O5S/c1-5-25-20(26)19(11-14-10-17(28-2)18(29-3)12-16(14)23)31-22(25)24-15-8-6-7-13(9-15)21(27)30-4/h6-12H,5H2,1-4H3. The third-order valence-corrected chi connectivity index (χ3v) is 6.18. The molecule has 0 unspecified atom stereocenters. The van der Waals surface area contributed by atoms with Crippen LogP contribution in [-0.2, 0) is 9.53 Å². The second-order valence-corrected chi connectivity index (χ2v) is 8.19. The van der Waals surface area contributed by atoms with Gasteiger partial charge in [-0.2, -0.15) is 0 Å². The van der Waals surface area contributed by atoms with Gasteiger partial charge in [-0.3, -0.25) is 9.69 Å². The molecule has 2 aromatic carbocycles. The number of nitrogens with zero attached hydrogens (tertiary/aromatic N) is 2. The van der Waals surface area contributed by atoms with Gasteiger partial charge in [0.15, 0.2) is 16.7 Å². The molecule has 2 aromatic rings. The van der Waals surface area contributed by atoms with E-state index < -0.39 is 5.97 Å². The van der Waals surface area contributed by atoms with Gasteiger partial charge in [0.25, 0.3) is 5.91 Å². The number of aliphatic imine (C=N–C) groups is 1. The Morgan fingerprint density at radius 1 is 1.16 bits per heavy atom. The van der Waals surface area contributed by atoms with Gasteiger partial charge < -0.3 is 14.2 Å². The highest BCUT2D eigenvalue weighted by Gasteiger charge is 2.32. The monoisotopic (exact) mass is 504 g/mol. The van der Waals surface area contributed by atoms with Gasteiger partial charge in [0.1, 0.15) is 0 Å². The number of carbonyl (C=O) groups excluding carboxylic acids is 2. The third-order valence-electron chi connectivity index (χ3n) is 4.49. The van der Waals surface area contributed by atoms with Crippen LogP contribution in [0.3, 0.4) is 0 Å². The van der Waals surface area contributed by atoms with Crippen LogP contribution in [0.25, 0.3) is 6.08 Å². The van der Waals surface area contributed by atoms with Gasteiger partial charge in [-0.05, 0) is 60.7 Å². The number of carbonyl (C=O) groups is 2. The molecule has 0 atom stereocenters. The molecule has 1 fully saturated rings. The van der Waals surface area contributed by atoms with Crippen LogP contribution in [0.5, 0.6) is 11.5 Å². The first-order chi connectivity index (χ1) is 14.9. The minimum Gasteiger partial charge on any atom is -0.493 e. The number of benzene rings is 2. The summed E-state index contributed by atoms with van der Waals surface area (Å²) in [6, 6.07) is 10.4. The first-order valence-corrected chi connectivity index (χ1v) is 10.9. The topological polar surface area (TPSA) is 77.4 Å². The largest absolute Gasteiger partial charge is 0.493 e. The van der Waals surface area contributed by atoms with E-state index in [1.165, 1.54) is 18.9 Å². The van der Waals surface area contributed by atoms with Crippen molar-refractivity contribution in [1.29, 1.82) is 0 Å². The van der Waals surface area contributed by atoms with Gasteiger partial charge in [-0.25, -0.2) is 9.79 Å². The van der Waals surface area contributed by atoms with Gasteiger partial charge in [-0.15, -0.1) is 0 Å². The lowest BCUT2D eigenvalue weighted by atomic mass is 10.2. The molecular formula is C22H21BrN2O5S. The zero-order valence-corrected chi connectivity index (χ0v) is 19.9. The van der Waals surface area contributed by atoms with Crippen molar-refractivity contribution < 1.29 is 23.8 Å². The number of amidine groups is 1. The Morgan fingerprint density at radius 3 is 2.52 bits per heavy atom. The first kappa shape index (κ1) is 22.9. The number of esters is 1. The van der Waals surface area contributed by atoms with Gasteiger partial charge in [0.2, 0.25) is 0 Å². The van der Waals surface area contributed by atoms with Crippen LogP contribution >= 0.6 is 27.7 Å². The van der Waals surface area contributed by atoms with Crippen LogP contribution in [0.1, 0.15) is 22.8 Å². The number of hydrogen-bond donors (Lipinski definition) is 0. The molecule has 9 heteroatoms. The molecule has 1 aliphatic rings. The Hall–Kier alpha value is -2.78. The maximum atomic E-state index is 13.0. The molecule has 7 nitrogen and oxygen atoms in total. The van der Waals surface area contributed by atoms with Crippen LogP contribution in [-0.4, -0.2) is 49.8 Å². The van der Waals surface area contributed by atoms with Gasteiger partial charge >= 0.3 is 5.97 Å². The van der Waals surface area contributed by atoms with Crippen LogP contribution in [0.15, 0.2) is 50.8 Å². The Labute approximate surface area is 193 Å². The van der Waals surface area contributed by atoms with Crippen molar-refractivity contribution in [3.05, 3.63) is 56.9 Å². The summed E-state index contributed by atoms with van der Waals surface area (Å²) in [5.74, 6) is 0.569. The van der Waals surface area contributed by atoms with Crippen LogP contribution < -0.4 is 9.47 Å². The average Bonchev–Trinajstić information content (AvgIpc) is 3.07. The second kappa shape index (κ2) is 10.0. The number of methoxy groups -OCH3 is 3. The van der Waals surface area contributed by atoms with Crippen molar-refractivity contribution in [2.24, 2.45) is 4.99 Å². The van der Waals surface area contributed by atoms with E-state index in [9.17, 15) is 9.59 Å². The molecule has 0 saturated carbocycles. The quantitative estimate of drug-likeness (QED) is 0.412. The number of rotatable bonds is 6. The van der Waals surface area contributed by atoms with E-state index in [2.05, 4.69) is 20.9 Å². The van der Waals surface area contributed by atoms with Gasteiger partial charge in [-0.1, -0.05) is 22.0 Å². The number of likely N-dealkylation sites (N-methyl/N-ethyl adjacent to an activating group) is 1. The summed E-state index contributed by atoms with van der Waals surface area (Å²) >= 11 is 4.79. The molecule has 0 radical (unpaired) electrons. The minimum atomic E-state index is -0.441. The minimum absolute atomic E-state index is 0.142. The molecule has 3 rings (SSSR count). The van der Waals surface area contributed by atoms with Crippen LogP contribution in [0.4, 0.5) is 5.69 Å². The molecule has 1 amide bonds. The summed E-state index contributed by atoms with van der Waals surface area (Å²) in [5.41, 5.74) is 1.73. The van der Waals surface area contributed by atoms with Crippen molar-refractivity contribution in [3.8, 4) is 11.5 Å². The predicted molar refractivity (Wildman–Crippen MR) is 125 cm³/mol. The highest BCUT2D eigenvalue weighted by Crippen LogP contribution is 2.38. The molecule has 0 aromatic heterocycles. The number of ether oxygens (including phenoxy) is 3. The normalized spacial score (nSPS) is 16.2. The summed E-state index contributed by atoms with van der Waals surface area (Å²) < 4.78 is 16.2. The second-order valence-electron chi connectivity index (χ2n) is 6.33. The first-order valence-electron chi connectivity index (χ1n) is 9.31. The fraction of sp³-hybridized carbons (Fsp3) is 0.227. The predicted octanol–water partition coefficient (Wildman–Crippen LogP) is 4.88. The van der Waals surface area contributed by atoms with E-state index >= 15 is 0 Å². The Kier molecular flexibility index (Phi) is 7.40. The van der Waals surface area contributed by atoms with E-state index in [-0.39, 0.29) is 5.91 Å². The van der Waals surface area contributed by atoms with E-state index in [0.29, 0.717) is 39.4 Å².